The van der Waals surface area contributed by atoms with Crippen molar-refractivity contribution in [3.05, 3.63) is 6.07 Å². The molecule has 0 spiro atoms. The van der Waals surface area contributed by atoms with Gasteiger partial charge < -0.3 is 11.1 Å². The van der Waals surface area contributed by atoms with E-state index < -0.39 is 0 Å². The summed E-state index contributed by atoms with van der Waals surface area (Å²) in [7, 11) is 0. The number of alkyl halides is 1. The van der Waals surface area contributed by atoms with Crippen molar-refractivity contribution in [3.8, 4) is 0 Å². The lowest BCUT2D eigenvalue weighted by atomic mass is 10.3. The maximum Gasteiger partial charge on any atom is 0.225 e. The molecular weight excluding hydrogens is 228 g/mol. The van der Waals surface area contributed by atoms with Crippen LogP contribution in [0, 0.1) is 0 Å². The van der Waals surface area contributed by atoms with Crippen LogP contribution in [0.25, 0.3) is 0 Å². The van der Waals surface area contributed by atoms with Crippen molar-refractivity contribution in [2.75, 3.05) is 16.9 Å². The largest absolute Gasteiger partial charge is 0.384 e. The molecule has 6 heteroatoms. The van der Waals surface area contributed by atoms with Gasteiger partial charge in [-0.15, -0.1) is 11.6 Å². The smallest absolute Gasteiger partial charge is 0.225 e. The van der Waals surface area contributed by atoms with Crippen molar-refractivity contribution in [3.63, 3.8) is 0 Å². The van der Waals surface area contributed by atoms with Crippen molar-refractivity contribution in [1.29, 1.82) is 0 Å². The van der Waals surface area contributed by atoms with Crippen molar-refractivity contribution >= 4 is 29.1 Å². The average molecular weight is 243 g/mol. The average Bonchev–Trinajstić information content (AvgIpc) is 3.01. The minimum absolute atomic E-state index is 0.0684. The summed E-state index contributed by atoms with van der Waals surface area (Å²) in [6.45, 7) is 0. The summed E-state index contributed by atoms with van der Waals surface area (Å²) in [6, 6.07) is 2.12. The molecule has 0 bridgehead atoms. The number of amides is 1. The maximum atomic E-state index is 11.4. The molecule has 1 heterocycles. The monoisotopic (exact) mass is 242 g/mol. The molecule has 1 aliphatic carbocycles. The summed E-state index contributed by atoms with van der Waals surface area (Å²) < 4.78 is 1.77. The van der Waals surface area contributed by atoms with Gasteiger partial charge in [-0.25, -0.2) is 4.68 Å². The molecule has 1 aromatic heterocycles. The number of nitrogens with one attached hydrogen (secondary N) is 1. The van der Waals surface area contributed by atoms with Gasteiger partial charge in [-0.05, 0) is 19.3 Å². The molecule has 0 aliphatic heterocycles. The van der Waals surface area contributed by atoms with Crippen LogP contribution in [0.15, 0.2) is 6.07 Å². The summed E-state index contributed by atoms with van der Waals surface area (Å²) in [4.78, 5) is 11.4. The Hall–Kier alpha value is -1.23. The summed E-state index contributed by atoms with van der Waals surface area (Å²) in [5.74, 6) is 1.56. The van der Waals surface area contributed by atoms with E-state index in [1.54, 1.807) is 10.7 Å². The number of anilines is 2. The van der Waals surface area contributed by atoms with Crippen LogP contribution in [-0.4, -0.2) is 21.6 Å². The predicted octanol–water partition coefficient (Wildman–Crippen LogP) is 1.76. The number of aromatic nitrogens is 2. The Bertz CT molecular complexity index is 386. The summed E-state index contributed by atoms with van der Waals surface area (Å²) in [6.07, 6.45) is 3.32. The second-order valence-corrected chi connectivity index (χ2v) is 4.35. The molecule has 2 rings (SSSR count). The van der Waals surface area contributed by atoms with E-state index in [1.165, 1.54) is 0 Å². The molecule has 0 radical (unpaired) electrons. The van der Waals surface area contributed by atoms with Crippen LogP contribution in [0.2, 0.25) is 0 Å². The van der Waals surface area contributed by atoms with Crippen molar-refractivity contribution in [1.82, 2.24) is 9.78 Å². The maximum absolute atomic E-state index is 11.4. The van der Waals surface area contributed by atoms with E-state index in [0.29, 0.717) is 36.4 Å². The number of hydrogen-bond donors (Lipinski definition) is 2. The van der Waals surface area contributed by atoms with Crippen molar-refractivity contribution < 1.29 is 4.79 Å². The summed E-state index contributed by atoms with van der Waals surface area (Å²) in [5.41, 5.74) is 5.79. The number of hydrogen-bond acceptors (Lipinski definition) is 3. The number of carbonyl (C=O) groups excluding carboxylic acids is 1. The van der Waals surface area contributed by atoms with Crippen LogP contribution in [0.1, 0.15) is 31.7 Å². The lowest BCUT2D eigenvalue weighted by Crippen LogP contribution is -2.12. The Kier molecular flexibility index (Phi) is 3.33. The number of carbonyl (C=O) groups is 1. The second-order valence-electron chi connectivity index (χ2n) is 3.97. The fraction of sp³-hybridized carbons (Fsp3) is 0.600. The normalized spacial score (nSPS) is 15.1. The number of nitrogen functional groups attached to an aromatic ring is 1. The standard InChI is InChI=1S/C10H15ClN4O/c11-5-1-2-10(16)13-9-6-8(12)15(14-9)7-3-4-7/h6-7H,1-5,12H2,(H,13,14,16). The van der Waals surface area contributed by atoms with Gasteiger partial charge in [0.05, 0.1) is 6.04 Å². The predicted molar refractivity (Wildman–Crippen MR) is 63.5 cm³/mol. The molecular formula is C10H15ClN4O. The van der Waals surface area contributed by atoms with Crippen molar-refractivity contribution in [2.24, 2.45) is 0 Å². The number of halogens is 1. The van der Waals surface area contributed by atoms with Gasteiger partial charge in [-0.1, -0.05) is 0 Å². The third-order valence-corrected chi connectivity index (χ3v) is 2.73. The lowest BCUT2D eigenvalue weighted by Gasteiger charge is -2.00. The molecule has 0 atom stereocenters. The Morgan fingerprint density at radius 1 is 1.69 bits per heavy atom. The van der Waals surface area contributed by atoms with E-state index in [1.807, 2.05) is 0 Å². The number of rotatable bonds is 5. The first-order valence-corrected chi connectivity index (χ1v) is 5.95. The van der Waals surface area contributed by atoms with Crippen LogP contribution >= 0.6 is 11.6 Å². The first kappa shape index (κ1) is 11.3. The van der Waals surface area contributed by atoms with Crippen LogP contribution in [0.4, 0.5) is 11.6 Å². The molecule has 1 aromatic rings. The first-order valence-electron chi connectivity index (χ1n) is 5.41. The highest BCUT2D eigenvalue weighted by Gasteiger charge is 2.26. The van der Waals surface area contributed by atoms with E-state index in [0.717, 1.165) is 12.8 Å². The molecule has 3 N–H and O–H groups in total. The Labute approximate surface area is 98.9 Å². The highest BCUT2D eigenvalue weighted by molar-refractivity contribution is 6.18. The molecule has 88 valence electrons. The van der Waals surface area contributed by atoms with Crippen LogP contribution in [-0.2, 0) is 4.79 Å². The van der Waals surface area contributed by atoms with Gasteiger partial charge in [0, 0.05) is 18.4 Å². The molecule has 1 fully saturated rings. The molecule has 1 saturated carbocycles. The summed E-state index contributed by atoms with van der Waals surface area (Å²) >= 11 is 5.51. The van der Waals surface area contributed by atoms with Gasteiger partial charge in [0.2, 0.25) is 5.91 Å². The fourth-order valence-electron chi connectivity index (χ4n) is 1.51. The zero-order valence-corrected chi connectivity index (χ0v) is 9.70. The highest BCUT2D eigenvalue weighted by atomic mass is 35.5. The molecule has 0 aromatic carbocycles. The van der Waals surface area contributed by atoms with Gasteiger partial charge in [-0.2, -0.15) is 5.10 Å². The fourth-order valence-corrected chi connectivity index (χ4v) is 1.65. The zero-order valence-electron chi connectivity index (χ0n) is 8.95. The van der Waals surface area contributed by atoms with Gasteiger partial charge in [0.1, 0.15) is 5.82 Å². The summed E-state index contributed by atoms with van der Waals surface area (Å²) in [5, 5.41) is 6.96. The zero-order chi connectivity index (χ0) is 11.5. The van der Waals surface area contributed by atoms with E-state index in [4.69, 9.17) is 17.3 Å². The minimum Gasteiger partial charge on any atom is -0.384 e. The van der Waals surface area contributed by atoms with Gasteiger partial charge in [0.25, 0.3) is 0 Å². The quantitative estimate of drug-likeness (QED) is 0.773. The second kappa shape index (κ2) is 4.74. The van der Waals surface area contributed by atoms with E-state index in [-0.39, 0.29) is 5.91 Å². The van der Waals surface area contributed by atoms with Gasteiger partial charge in [-0.3, -0.25) is 4.79 Å². The first-order chi connectivity index (χ1) is 7.70. The topological polar surface area (TPSA) is 72.9 Å². The highest BCUT2D eigenvalue weighted by Crippen LogP contribution is 2.36. The van der Waals surface area contributed by atoms with E-state index in [2.05, 4.69) is 10.4 Å². The Morgan fingerprint density at radius 3 is 3.06 bits per heavy atom. The lowest BCUT2D eigenvalue weighted by molar-refractivity contribution is -0.116. The number of nitrogens with two attached hydrogens (primary N) is 1. The van der Waals surface area contributed by atoms with Crippen LogP contribution in [0.3, 0.4) is 0 Å². The SMILES string of the molecule is Nc1cc(NC(=O)CCCCl)nn1C1CC1. The van der Waals surface area contributed by atoms with E-state index >= 15 is 0 Å². The molecule has 0 saturated heterocycles. The molecule has 5 nitrogen and oxygen atoms in total. The van der Waals surface area contributed by atoms with Crippen molar-refractivity contribution in [2.45, 2.75) is 31.7 Å². The minimum atomic E-state index is -0.0684. The molecule has 16 heavy (non-hydrogen) atoms. The molecule has 0 unspecified atom stereocenters. The number of nitrogens with zero attached hydrogens (tertiary/aromatic N) is 2. The Balaban J connectivity index is 1.93. The third-order valence-electron chi connectivity index (χ3n) is 2.46. The van der Waals surface area contributed by atoms with Gasteiger partial charge >= 0.3 is 0 Å². The van der Waals surface area contributed by atoms with E-state index in [9.17, 15) is 4.79 Å². The van der Waals surface area contributed by atoms with Gasteiger partial charge in [0.15, 0.2) is 5.82 Å². The van der Waals surface area contributed by atoms with Crippen LogP contribution < -0.4 is 11.1 Å². The Morgan fingerprint density at radius 2 is 2.44 bits per heavy atom. The van der Waals surface area contributed by atoms with Crippen LogP contribution in [0.5, 0.6) is 0 Å². The third kappa shape index (κ3) is 2.66. The molecule has 1 aliphatic rings. The molecule has 1 amide bonds.